The van der Waals surface area contributed by atoms with Crippen molar-refractivity contribution in [2.24, 2.45) is 0 Å². The number of thioether (sulfide) groups is 1. The van der Waals surface area contributed by atoms with E-state index in [1.165, 1.54) is 24.8 Å². The highest BCUT2D eigenvalue weighted by Gasteiger charge is 2.23. The lowest BCUT2D eigenvalue weighted by Crippen LogP contribution is -2.30. The van der Waals surface area contributed by atoms with Crippen molar-refractivity contribution in [2.75, 3.05) is 17.7 Å². The number of furan rings is 1. The van der Waals surface area contributed by atoms with Crippen molar-refractivity contribution in [1.82, 2.24) is 5.32 Å². The van der Waals surface area contributed by atoms with Crippen LogP contribution in [-0.4, -0.2) is 30.6 Å². The Morgan fingerprint density at radius 1 is 0.679 bits per heavy atom. The van der Waals surface area contributed by atoms with Crippen LogP contribution in [0.2, 0.25) is 0 Å². The molecule has 53 heavy (non-hydrogen) atoms. The number of Topliss-reactive ketones (excluding diaryl/α,β-unsaturated/α-hetero) is 1. The first kappa shape index (κ1) is 36.2. The predicted octanol–water partition coefficient (Wildman–Crippen LogP) is 9.04. The lowest BCUT2D eigenvalue weighted by Gasteiger charge is -2.18. The zero-order valence-corrected chi connectivity index (χ0v) is 29.7. The van der Waals surface area contributed by atoms with E-state index in [1.807, 2.05) is 66.7 Å². The van der Waals surface area contributed by atoms with Gasteiger partial charge in [-0.1, -0.05) is 60.7 Å². The maximum Gasteiger partial charge on any atom is 0.272 e. The fourth-order valence-electron chi connectivity index (χ4n) is 5.36. The van der Waals surface area contributed by atoms with Crippen LogP contribution in [0.3, 0.4) is 0 Å². The second kappa shape index (κ2) is 17.0. The molecule has 6 rings (SSSR count). The first-order chi connectivity index (χ1) is 25.8. The van der Waals surface area contributed by atoms with Gasteiger partial charge in [0.15, 0.2) is 5.78 Å². The average Bonchev–Trinajstić information content (AvgIpc) is 3.66. The van der Waals surface area contributed by atoms with Gasteiger partial charge in [0.1, 0.15) is 28.2 Å². The summed E-state index contributed by atoms with van der Waals surface area (Å²) in [6.07, 6.45) is 1.47. The molecule has 0 radical (unpaired) electrons. The van der Waals surface area contributed by atoms with Gasteiger partial charge in [0, 0.05) is 33.5 Å². The monoisotopic (exact) mass is 721 g/mol. The number of hydrogen-bond acceptors (Lipinski definition) is 7. The summed E-state index contributed by atoms with van der Waals surface area (Å²) in [5.74, 6) is 0.189. The first-order valence-corrected chi connectivity index (χ1v) is 17.5. The van der Waals surface area contributed by atoms with Crippen LogP contribution in [0.5, 0.6) is 5.75 Å². The molecular formula is C43H35N3O6S. The quantitative estimate of drug-likeness (QED) is 0.0617. The van der Waals surface area contributed by atoms with Crippen molar-refractivity contribution in [1.29, 1.82) is 0 Å². The topological polar surface area (TPSA) is 127 Å². The van der Waals surface area contributed by atoms with E-state index < -0.39 is 17.1 Å². The number of methoxy groups -OCH3 is 1. The minimum absolute atomic E-state index is 0.0321. The van der Waals surface area contributed by atoms with E-state index in [1.54, 1.807) is 86.0 Å². The van der Waals surface area contributed by atoms with Crippen LogP contribution in [0.4, 0.5) is 11.4 Å². The Balaban J connectivity index is 1.20. The molecule has 0 aliphatic rings. The molecule has 6 aromatic rings. The zero-order chi connectivity index (χ0) is 37.2. The second-order valence-electron chi connectivity index (χ2n) is 11.8. The van der Waals surface area contributed by atoms with Crippen molar-refractivity contribution in [3.05, 3.63) is 174 Å². The lowest BCUT2D eigenvalue weighted by molar-refractivity contribution is -0.116. The third-order valence-corrected chi connectivity index (χ3v) is 9.35. The largest absolute Gasteiger partial charge is 0.496 e. The van der Waals surface area contributed by atoms with E-state index in [-0.39, 0.29) is 17.4 Å². The number of anilines is 2. The Morgan fingerprint density at radius 2 is 1.30 bits per heavy atom. The smallest absolute Gasteiger partial charge is 0.272 e. The van der Waals surface area contributed by atoms with Crippen molar-refractivity contribution in [3.63, 3.8) is 0 Å². The van der Waals surface area contributed by atoms with Gasteiger partial charge < -0.3 is 25.1 Å². The van der Waals surface area contributed by atoms with Crippen LogP contribution in [0.1, 0.15) is 44.2 Å². The van der Waals surface area contributed by atoms with Gasteiger partial charge >= 0.3 is 0 Å². The standard InChI is InChI=1S/C43H35N3O6S/c1-28(47)29-17-19-32(20-18-29)45-43(50)40(30-11-5-3-6-12-30)53-35-24-21-33(22-25-35)44-42(49)37(46-41(48)31-13-7-4-8-14-31)27-34-23-26-39(52-34)36-15-9-10-16-38(36)51-2/h3-27,40H,1-2H3,(H,44,49)(H,45,50)(H,46,48)/b37-27+/t40-/m0/s1. The summed E-state index contributed by atoms with van der Waals surface area (Å²) >= 11 is 1.35. The van der Waals surface area contributed by atoms with Crippen molar-refractivity contribution in [3.8, 4) is 17.1 Å². The lowest BCUT2D eigenvalue weighted by atomic mass is 10.1. The number of para-hydroxylation sites is 1. The number of ether oxygens (including phenoxy) is 1. The van der Waals surface area contributed by atoms with E-state index in [2.05, 4.69) is 16.0 Å². The summed E-state index contributed by atoms with van der Waals surface area (Å²) in [6.45, 7) is 1.49. The molecule has 1 aromatic heterocycles. The molecule has 0 aliphatic heterocycles. The van der Waals surface area contributed by atoms with Crippen LogP contribution < -0.4 is 20.7 Å². The summed E-state index contributed by atoms with van der Waals surface area (Å²) in [5.41, 5.74) is 3.51. The van der Waals surface area contributed by atoms with Crippen molar-refractivity contribution < 1.29 is 28.3 Å². The molecule has 0 aliphatic carbocycles. The highest BCUT2D eigenvalue weighted by atomic mass is 32.2. The van der Waals surface area contributed by atoms with Crippen molar-refractivity contribution in [2.45, 2.75) is 17.1 Å². The summed E-state index contributed by atoms with van der Waals surface area (Å²) < 4.78 is 11.5. The molecule has 5 aromatic carbocycles. The molecule has 10 heteroatoms. The number of nitrogens with one attached hydrogen (secondary N) is 3. The first-order valence-electron chi connectivity index (χ1n) is 16.6. The van der Waals surface area contributed by atoms with E-state index in [4.69, 9.17) is 9.15 Å². The Morgan fingerprint density at radius 3 is 1.98 bits per heavy atom. The SMILES string of the molecule is COc1ccccc1-c1ccc(/C=C(/NC(=O)c2ccccc2)C(=O)Nc2ccc(S[C@H](C(=O)Nc3ccc(C(C)=O)cc3)c3ccccc3)cc2)o1. The third kappa shape index (κ3) is 9.37. The molecule has 0 saturated carbocycles. The fourth-order valence-corrected chi connectivity index (χ4v) is 6.38. The molecule has 0 spiro atoms. The summed E-state index contributed by atoms with van der Waals surface area (Å²) in [4.78, 5) is 52.9. The highest BCUT2D eigenvalue weighted by molar-refractivity contribution is 8.00. The zero-order valence-electron chi connectivity index (χ0n) is 28.9. The van der Waals surface area contributed by atoms with Gasteiger partial charge in [-0.2, -0.15) is 0 Å². The van der Waals surface area contributed by atoms with Crippen LogP contribution in [0, 0.1) is 0 Å². The van der Waals surface area contributed by atoms with Crippen LogP contribution in [-0.2, 0) is 9.59 Å². The number of carbonyl (C=O) groups excluding carboxylic acids is 4. The minimum atomic E-state index is -0.596. The number of rotatable bonds is 13. The molecule has 3 N–H and O–H groups in total. The third-order valence-electron chi connectivity index (χ3n) is 8.08. The molecule has 1 heterocycles. The van der Waals surface area contributed by atoms with Gasteiger partial charge in [-0.3, -0.25) is 19.2 Å². The van der Waals surface area contributed by atoms with Gasteiger partial charge in [-0.05, 0) is 97.4 Å². The number of carbonyl (C=O) groups is 4. The Bertz CT molecular complexity index is 2250. The molecule has 264 valence electrons. The van der Waals surface area contributed by atoms with Gasteiger partial charge in [-0.25, -0.2) is 0 Å². The van der Waals surface area contributed by atoms with Gasteiger partial charge in [0.2, 0.25) is 5.91 Å². The number of benzene rings is 5. The molecule has 0 unspecified atom stereocenters. The minimum Gasteiger partial charge on any atom is -0.496 e. The molecule has 3 amide bonds. The Kier molecular flexibility index (Phi) is 11.6. The van der Waals surface area contributed by atoms with E-state index in [0.717, 1.165) is 16.0 Å². The molecule has 1 atom stereocenters. The maximum atomic E-state index is 13.7. The normalized spacial score (nSPS) is 11.6. The van der Waals surface area contributed by atoms with Gasteiger partial charge in [-0.15, -0.1) is 11.8 Å². The van der Waals surface area contributed by atoms with E-state index in [9.17, 15) is 19.2 Å². The van der Waals surface area contributed by atoms with Crippen molar-refractivity contribution >= 4 is 52.7 Å². The second-order valence-corrected chi connectivity index (χ2v) is 13.0. The number of amides is 3. The Hall–Kier alpha value is -6.65. The molecular weight excluding hydrogens is 687 g/mol. The van der Waals surface area contributed by atoms with Crippen LogP contribution in [0.15, 0.2) is 161 Å². The van der Waals surface area contributed by atoms with Crippen LogP contribution in [0.25, 0.3) is 17.4 Å². The highest BCUT2D eigenvalue weighted by Crippen LogP contribution is 2.37. The Labute approximate surface area is 311 Å². The molecule has 0 saturated heterocycles. The number of ketones is 1. The number of hydrogen-bond donors (Lipinski definition) is 3. The molecule has 0 bridgehead atoms. The predicted molar refractivity (Wildman–Crippen MR) is 208 cm³/mol. The summed E-state index contributed by atoms with van der Waals surface area (Å²) in [5, 5.41) is 7.95. The summed E-state index contributed by atoms with van der Waals surface area (Å²) in [7, 11) is 1.58. The summed E-state index contributed by atoms with van der Waals surface area (Å²) in [6, 6.07) is 42.7. The average molecular weight is 722 g/mol. The fraction of sp³-hybridized carbons (Fsp3) is 0.0698. The van der Waals surface area contributed by atoms with Gasteiger partial charge in [0.05, 0.1) is 12.7 Å². The van der Waals surface area contributed by atoms with Gasteiger partial charge in [0.25, 0.3) is 11.8 Å². The van der Waals surface area contributed by atoms with Crippen LogP contribution >= 0.6 is 11.8 Å². The van der Waals surface area contributed by atoms with E-state index in [0.29, 0.717) is 39.8 Å². The maximum absolute atomic E-state index is 13.7. The molecule has 0 fully saturated rings. The molecule has 9 nitrogen and oxygen atoms in total. The van der Waals surface area contributed by atoms with E-state index >= 15 is 0 Å².